The minimum Gasteiger partial charge on any atom is -0.494 e. The number of aromatic hydroxyl groups is 1. The van der Waals surface area contributed by atoms with E-state index in [1.54, 1.807) is 6.07 Å². The molecule has 2 amide bonds. The fourth-order valence-electron chi connectivity index (χ4n) is 4.51. The molecule has 0 atom stereocenters. The zero-order valence-electron chi connectivity index (χ0n) is 21.0. The van der Waals surface area contributed by atoms with E-state index in [0.717, 1.165) is 53.8 Å². The largest absolute Gasteiger partial charge is 0.494 e. The molecular weight excluding hydrogens is 597 g/mol. The molecular formula is C26H25Cl2N5O5S2. The highest BCUT2D eigenvalue weighted by Crippen LogP contribution is 2.34. The number of pyridine rings is 1. The summed E-state index contributed by atoms with van der Waals surface area (Å²) in [6.07, 6.45) is 2.48. The summed E-state index contributed by atoms with van der Waals surface area (Å²) >= 11 is 12.3. The monoisotopic (exact) mass is 621 g/mol. The van der Waals surface area contributed by atoms with Crippen molar-refractivity contribution in [3.05, 3.63) is 74.3 Å². The number of likely N-dealkylation sites (tertiary alicyclic amines) is 1. The van der Waals surface area contributed by atoms with E-state index in [0.29, 0.717) is 16.5 Å². The Morgan fingerprint density at radius 3 is 2.38 bits per heavy atom. The third-order valence-electron chi connectivity index (χ3n) is 6.46. The van der Waals surface area contributed by atoms with Gasteiger partial charge in [0, 0.05) is 35.9 Å². The Hall–Kier alpha value is -3.29. The summed E-state index contributed by atoms with van der Waals surface area (Å²) in [6, 6.07) is 13.0. The lowest BCUT2D eigenvalue weighted by molar-refractivity contribution is 0.256. The van der Waals surface area contributed by atoms with Crippen LogP contribution in [0.3, 0.4) is 0 Å². The third-order valence-corrected chi connectivity index (χ3v) is 10.1. The second kappa shape index (κ2) is 11.7. The quantitative estimate of drug-likeness (QED) is 0.215. The first-order chi connectivity index (χ1) is 19.1. The molecule has 0 aliphatic carbocycles. The average molecular weight is 623 g/mol. The van der Waals surface area contributed by atoms with E-state index in [1.807, 2.05) is 16.9 Å². The number of sulfonamides is 1. The lowest BCUT2D eigenvalue weighted by atomic mass is 10.1. The van der Waals surface area contributed by atoms with E-state index in [-0.39, 0.29) is 25.1 Å². The van der Waals surface area contributed by atoms with Crippen LogP contribution >= 0.6 is 34.5 Å². The highest BCUT2D eigenvalue weighted by Gasteiger charge is 2.22. The summed E-state index contributed by atoms with van der Waals surface area (Å²) in [5, 5.41) is 17.9. The number of carbonyl (C=O) groups is 1. The van der Waals surface area contributed by atoms with Crippen molar-refractivity contribution in [2.75, 3.05) is 36.8 Å². The van der Waals surface area contributed by atoms with Crippen LogP contribution < -0.4 is 20.9 Å². The molecule has 40 heavy (non-hydrogen) atoms. The van der Waals surface area contributed by atoms with Gasteiger partial charge in [0.25, 0.3) is 15.6 Å². The molecule has 3 heterocycles. The normalized spacial score (nSPS) is 13.9. The first-order valence-electron chi connectivity index (χ1n) is 12.3. The molecule has 2 aromatic carbocycles. The van der Waals surface area contributed by atoms with Crippen LogP contribution in [0.2, 0.25) is 9.36 Å². The molecule has 1 aliphatic rings. The van der Waals surface area contributed by atoms with Crippen LogP contribution in [-0.4, -0.2) is 55.2 Å². The molecule has 4 N–H and O–H groups in total. The van der Waals surface area contributed by atoms with E-state index < -0.39 is 21.6 Å². The number of nitrogens with zero attached hydrogens (tertiary/aromatic N) is 2. The molecule has 0 radical (unpaired) electrons. The van der Waals surface area contributed by atoms with Gasteiger partial charge in [-0.05, 0) is 79.8 Å². The van der Waals surface area contributed by atoms with Gasteiger partial charge < -0.3 is 20.6 Å². The van der Waals surface area contributed by atoms with Gasteiger partial charge in [-0.3, -0.25) is 4.79 Å². The van der Waals surface area contributed by atoms with Crippen molar-refractivity contribution in [3.63, 3.8) is 0 Å². The van der Waals surface area contributed by atoms with Gasteiger partial charge in [-0.15, -0.1) is 11.3 Å². The Morgan fingerprint density at radius 1 is 1.00 bits per heavy atom. The van der Waals surface area contributed by atoms with Gasteiger partial charge in [-0.1, -0.05) is 23.2 Å². The lowest BCUT2D eigenvalue weighted by Gasteiger charge is -2.16. The summed E-state index contributed by atoms with van der Waals surface area (Å²) < 4.78 is 27.7. The van der Waals surface area contributed by atoms with Gasteiger partial charge in [0.1, 0.15) is 8.55 Å². The number of aromatic nitrogens is 1. The molecule has 210 valence electrons. The number of hydrogen-bond donors (Lipinski definition) is 4. The number of hydrogen-bond acceptors (Lipinski definition) is 8. The summed E-state index contributed by atoms with van der Waals surface area (Å²) in [6.45, 7) is 3.99. The Balaban J connectivity index is 1.28. The number of rotatable bonds is 8. The van der Waals surface area contributed by atoms with Crippen molar-refractivity contribution >= 4 is 72.7 Å². The Bertz CT molecular complexity index is 1710. The molecule has 5 rings (SSSR count). The predicted molar refractivity (Wildman–Crippen MR) is 159 cm³/mol. The molecule has 1 saturated heterocycles. The van der Waals surface area contributed by atoms with Crippen molar-refractivity contribution in [2.24, 2.45) is 0 Å². The highest BCUT2D eigenvalue weighted by atomic mass is 35.5. The maximum atomic E-state index is 12.9. The topological polar surface area (TPSA) is 133 Å². The molecule has 0 spiro atoms. The maximum absolute atomic E-state index is 12.9. The van der Waals surface area contributed by atoms with Gasteiger partial charge in [-0.25, -0.2) is 22.5 Å². The van der Waals surface area contributed by atoms with Gasteiger partial charge in [0.15, 0.2) is 0 Å². The lowest BCUT2D eigenvalue weighted by Crippen LogP contribution is -2.33. The van der Waals surface area contributed by atoms with Crippen LogP contribution in [0.4, 0.5) is 16.2 Å². The first-order valence-corrected chi connectivity index (χ1v) is 15.4. The number of fused-ring (bicyclic) bond motifs is 1. The van der Waals surface area contributed by atoms with Crippen molar-refractivity contribution in [1.29, 1.82) is 0 Å². The molecule has 1 fully saturated rings. The average Bonchev–Trinajstić information content (AvgIpc) is 3.54. The molecule has 2 aromatic heterocycles. The van der Waals surface area contributed by atoms with E-state index in [2.05, 4.69) is 15.5 Å². The Kier molecular flexibility index (Phi) is 8.24. The van der Waals surface area contributed by atoms with Crippen LogP contribution in [-0.2, 0) is 10.0 Å². The van der Waals surface area contributed by atoms with Gasteiger partial charge in [0.2, 0.25) is 5.88 Å². The molecule has 0 saturated carbocycles. The second-order valence-corrected chi connectivity index (χ2v) is 13.2. The fourth-order valence-corrected chi connectivity index (χ4v) is 7.30. The number of halogens is 2. The van der Waals surface area contributed by atoms with Crippen molar-refractivity contribution in [3.8, 4) is 11.6 Å². The van der Waals surface area contributed by atoms with Gasteiger partial charge in [0.05, 0.1) is 10.7 Å². The number of carbonyl (C=O) groups excluding carboxylic acids is 1. The predicted octanol–water partition coefficient (Wildman–Crippen LogP) is 5.08. The summed E-state index contributed by atoms with van der Waals surface area (Å²) in [5.74, 6) is -0.219. The maximum Gasteiger partial charge on any atom is 0.333 e. The minimum atomic E-state index is -4.17. The molecule has 0 unspecified atom stereocenters. The van der Waals surface area contributed by atoms with E-state index in [4.69, 9.17) is 23.2 Å². The van der Waals surface area contributed by atoms with E-state index in [9.17, 15) is 23.1 Å². The standard InChI is InChI=1S/C26H25Cl2N5O5S2/c27-21-15-23(39-24(21)28)40(37,38)31-26(36)30-17-3-6-19(7-4-17)33-22(34)14-16-13-18(5-8-20(16)25(33)35)29-9-12-32-10-1-2-11-32/h3-8,13-15,29,35H,1-2,9-12H2,(H2,30,31,36). The van der Waals surface area contributed by atoms with E-state index >= 15 is 0 Å². The molecule has 14 heteroatoms. The molecule has 1 aliphatic heterocycles. The van der Waals surface area contributed by atoms with Crippen LogP contribution in [0.5, 0.6) is 5.88 Å². The number of nitrogens with one attached hydrogen (secondary N) is 3. The number of anilines is 2. The number of urea groups is 1. The fraction of sp³-hybridized carbons (Fsp3) is 0.231. The highest BCUT2D eigenvalue weighted by molar-refractivity contribution is 7.92. The Labute approximate surface area is 244 Å². The van der Waals surface area contributed by atoms with Crippen LogP contribution in [0.25, 0.3) is 16.5 Å². The van der Waals surface area contributed by atoms with Crippen molar-refractivity contribution < 1.29 is 18.3 Å². The molecule has 4 aromatic rings. The van der Waals surface area contributed by atoms with Gasteiger partial charge in [-0.2, -0.15) is 0 Å². The number of amides is 2. The minimum absolute atomic E-state index is 0.0697. The summed E-state index contributed by atoms with van der Waals surface area (Å²) in [5.41, 5.74) is 1.05. The third kappa shape index (κ3) is 6.21. The van der Waals surface area contributed by atoms with Crippen molar-refractivity contribution in [2.45, 2.75) is 17.1 Å². The smallest absolute Gasteiger partial charge is 0.333 e. The number of benzene rings is 2. The van der Waals surface area contributed by atoms with Crippen LogP contribution in [0, 0.1) is 0 Å². The zero-order chi connectivity index (χ0) is 28.4. The van der Waals surface area contributed by atoms with Crippen LogP contribution in [0.1, 0.15) is 12.8 Å². The summed E-state index contributed by atoms with van der Waals surface area (Å²) in [7, 11) is -4.17. The van der Waals surface area contributed by atoms with E-state index in [1.165, 1.54) is 43.2 Å². The molecule has 0 bridgehead atoms. The second-order valence-electron chi connectivity index (χ2n) is 9.21. The number of thiophene rings is 1. The first kappa shape index (κ1) is 28.2. The van der Waals surface area contributed by atoms with Crippen molar-refractivity contribution in [1.82, 2.24) is 14.2 Å². The zero-order valence-corrected chi connectivity index (χ0v) is 24.1. The van der Waals surface area contributed by atoms with Gasteiger partial charge >= 0.3 is 6.03 Å². The molecule has 10 nitrogen and oxygen atoms in total. The van der Waals surface area contributed by atoms with Crippen LogP contribution in [0.15, 0.2) is 63.6 Å². The SMILES string of the molecule is O=C(Nc1ccc(-n2c(O)c3ccc(NCCN4CCCC4)cc3cc2=O)cc1)NS(=O)(=O)c1cc(Cl)c(Cl)s1. The Morgan fingerprint density at radius 2 is 1.70 bits per heavy atom. The summed E-state index contributed by atoms with van der Waals surface area (Å²) in [4.78, 5) is 27.7.